The highest BCUT2D eigenvalue weighted by atomic mass is 16.2. The predicted molar refractivity (Wildman–Crippen MR) is 112 cm³/mol. The molecule has 0 atom stereocenters. The van der Waals surface area contributed by atoms with Gasteiger partial charge in [0.25, 0.3) is 5.91 Å². The molecule has 2 amide bonds. The molecule has 1 heterocycles. The molecule has 5 nitrogen and oxygen atoms in total. The van der Waals surface area contributed by atoms with E-state index >= 15 is 0 Å². The van der Waals surface area contributed by atoms with Gasteiger partial charge in [-0.1, -0.05) is 18.2 Å². The summed E-state index contributed by atoms with van der Waals surface area (Å²) in [6.45, 7) is 1.58. The zero-order valence-corrected chi connectivity index (χ0v) is 16.6. The van der Waals surface area contributed by atoms with Crippen molar-refractivity contribution in [1.82, 2.24) is 4.90 Å². The van der Waals surface area contributed by atoms with Crippen LogP contribution in [0.3, 0.4) is 0 Å². The van der Waals surface area contributed by atoms with Gasteiger partial charge in [0, 0.05) is 42.7 Å². The van der Waals surface area contributed by atoms with E-state index < -0.39 is 0 Å². The lowest BCUT2D eigenvalue weighted by atomic mass is 10.0. The summed E-state index contributed by atoms with van der Waals surface area (Å²) in [6, 6.07) is 12.9. The minimum absolute atomic E-state index is 0.00499. The Bertz CT molecular complexity index is 945. The first kappa shape index (κ1) is 19.4. The first-order valence-corrected chi connectivity index (χ1v) is 10.4. The molecule has 29 heavy (non-hydrogen) atoms. The second-order valence-electron chi connectivity index (χ2n) is 7.89. The van der Waals surface area contributed by atoms with Gasteiger partial charge in [0.1, 0.15) is 0 Å². The quantitative estimate of drug-likeness (QED) is 0.758. The molecule has 2 aromatic rings. The molecule has 2 aromatic carbocycles. The van der Waals surface area contributed by atoms with Gasteiger partial charge in [0.15, 0.2) is 5.78 Å². The van der Waals surface area contributed by atoms with Crippen molar-refractivity contribution in [2.45, 2.75) is 44.9 Å². The molecule has 0 unspecified atom stereocenters. The Morgan fingerprint density at radius 1 is 0.828 bits per heavy atom. The number of rotatable bonds is 6. The minimum atomic E-state index is -0.217. The van der Waals surface area contributed by atoms with E-state index in [0.717, 1.165) is 45.2 Å². The number of carbonyl (C=O) groups is 3. The van der Waals surface area contributed by atoms with Crippen molar-refractivity contribution in [2.75, 3.05) is 18.4 Å². The topological polar surface area (TPSA) is 66.5 Å². The zero-order valence-electron chi connectivity index (χ0n) is 16.6. The average molecular weight is 390 g/mol. The molecule has 0 radical (unpaired) electrons. The Labute approximate surface area is 171 Å². The number of nitrogens with one attached hydrogen (secondary N) is 1. The van der Waals surface area contributed by atoms with Gasteiger partial charge in [0.2, 0.25) is 5.91 Å². The second-order valence-corrected chi connectivity index (χ2v) is 7.89. The Kier molecular flexibility index (Phi) is 5.74. The number of benzene rings is 2. The fourth-order valence-electron chi connectivity index (χ4n) is 4.17. The van der Waals surface area contributed by atoms with Crippen LogP contribution in [0.25, 0.3) is 0 Å². The first-order valence-electron chi connectivity index (χ1n) is 10.4. The van der Waals surface area contributed by atoms with E-state index in [1.807, 2.05) is 23.1 Å². The molecule has 0 spiro atoms. The molecule has 2 aliphatic rings. The van der Waals surface area contributed by atoms with E-state index in [-0.39, 0.29) is 30.4 Å². The van der Waals surface area contributed by atoms with Crippen molar-refractivity contribution in [3.63, 3.8) is 0 Å². The summed E-state index contributed by atoms with van der Waals surface area (Å²) in [7, 11) is 0. The Morgan fingerprint density at radius 3 is 2.45 bits per heavy atom. The van der Waals surface area contributed by atoms with Crippen LogP contribution in [-0.4, -0.2) is 35.6 Å². The molecule has 4 rings (SSSR count). The van der Waals surface area contributed by atoms with Gasteiger partial charge < -0.3 is 10.2 Å². The Morgan fingerprint density at radius 2 is 1.62 bits per heavy atom. The lowest BCUT2D eigenvalue weighted by molar-refractivity contribution is -0.116. The molecule has 0 aromatic heterocycles. The number of carbonyl (C=O) groups excluding carboxylic acids is 3. The first-order chi connectivity index (χ1) is 14.1. The minimum Gasteiger partial charge on any atom is -0.339 e. The van der Waals surface area contributed by atoms with Gasteiger partial charge >= 0.3 is 0 Å². The Balaban J connectivity index is 1.32. The van der Waals surface area contributed by atoms with Crippen LogP contribution in [0, 0.1) is 0 Å². The number of nitrogens with zero attached hydrogens (tertiary/aromatic N) is 1. The molecule has 5 heteroatoms. The number of hydrogen-bond donors (Lipinski definition) is 1. The van der Waals surface area contributed by atoms with E-state index in [1.165, 1.54) is 11.1 Å². The fraction of sp³-hybridized carbons (Fsp3) is 0.375. The normalized spacial score (nSPS) is 15.2. The van der Waals surface area contributed by atoms with E-state index in [1.54, 1.807) is 24.3 Å². The van der Waals surface area contributed by atoms with Gasteiger partial charge in [-0.05, 0) is 67.5 Å². The van der Waals surface area contributed by atoms with E-state index in [2.05, 4.69) is 5.32 Å². The molecule has 1 N–H and O–H groups in total. The van der Waals surface area contributed by atoms with Gasteiger partial charge in [-0.15, -0.1) is 0 Å². The zero-order chi connectivity index (χ0) is 20.2. The number of likely N-dealkylation sites (tertiary alicyclic amines) is 1. The SMILES string of the molecule is O=C(CCC(=O)c1ccc2c(c1)CCC2)Nc1cccc(C(=O)N2CCCC2)c1. The largest absolute Gasteiger partial charge is 0.339 e. The summed E-state index contributed by atoms with van der Waals surface area (Å²) in [4.78, 5) is 39.1. The van der Waals surface area contributed by atoms with E-state index in [9.17, 15) is 14.4 Å². The van der Waals surface area contributed by atoms with Crippen LogP contribution in [0.4, 0.5) is 5.69 Å². The molecule has 1 aliphatic heterocycles. The lowest BCUT2D eigenvalue weighted by Crippen LogP contribution is -2.27. The number of Topliss-reactive ketones (excluding diaryl/α,β-unsaturated/α-hetero) is 1. The average Bonchev–Trinajstić information content (AvgIpc) is 3.43. The molecule has 150 valence electrons. The van der Waals surface area contributed by atoms with Crippen LogP contribution in [-0.2, 0) is 17.6 Å². The number of fused-ring (bicyclic) bond motifs is 1. The highest BCUT2D eigenvalue weighted by Gasteiger charge is 2.20. The van der Waals surface area contributed by atoms with Crippen molar-refractivity contribution in [3.8, 4) is 0 Å². The number of hydrogen-bond acceptors (Lipinski definition) is 3. The number of aryl methyl sites for hydroxylation is 2. The molecule has 0 bridgehead atoms. The third kappa shape index (κ3) is 4.56. The Hall–Kier alpha value is -2.95. The summed E-state index contributed by atoms with van der Waals surface area (Å²) >= 11 is 0. The molecule has 1 saturated heterocycles. The maximum absolute atomic E-state index is 12.5. The highest BCUT2D eigenvalue weighted by molar-refractivity contribution is 6.01. The predicted octanol–water partition coefficient (Wildman–Crippen LogP) is 4.01. The summed E-state index contributed by atoms with van der Waals surface area (Å²) < 4.78 is 0. The molecule has 0 saturated carbocycles. The van der Waals surface area contributed by atoms with Crippen LogP contribution >= 0.6 is 0 Å². The van der Waals surface area contributed by atoms with Crippen LogP contribution < -0.4 is 5.32 Å². The van der Waals surface area contributed by atoms with Crippen molar-refractivity contribution in [2.24, 2.45) is 0 Å². The van der Waals surface area contributed by atoms with Crippen LogP contribution in [0.1, 0.15) is 63.9 Å². The van der Waals surface area contributed by atoms with Crippen molar-refractivity contribution in [3.05, 3.63) is 64.7 Å². The highest BCUT2D eigenvalue weighted by Crippen LogP contribution is 2.23. The monoisotopic (exact) mass is 390 g/mol. The van der Waals surface area contributed by atoms with Crippen molar-refractivity contribution < 1.29 is 14.4 Å². The molecule has 1 fully saturated rings. The van der Waals surface area contributed by atoms with E-state index in [0.29, 0.717) is 16.8 Å². The van der Waals surface area contributed by atoms with Crippen molar-refractivity contribution in [1.29, 1.82) is 0 Å². The molecule has 1 aliphatic carbocycles. The summed E-state index contributed by atoms with van der Waals surface area (Å²) in [5.41, 5.74) is 4.46. The standard InChI is InChI=1S/C24H26N2O3/c27-22(19-10-9-17-5-3-6-18(17)15-19)11-12-23(28)25-21-8-4-7-20(16-21)24(29)26-13-1-2-14-26/h4,7-10,15-16H,1-3,5-6,11-14H2,(H,25,28). The maximum Gasteiger partial charge on any atom is 0.253 e. The molecular formula is C24H26N2O3. The lowest BCUT2D eigenvalue weighted by Gasteiger charge is -2.15. The number of anilines is 1. The third-order valence-electron chi connectivity index (χ3n) is 5.79. The fourth-order valence-corrected chi connectivity index (χ4v) is 4.17. The maximum atomic E-state index is 12.5. The van der Waals surface area contributed by atoms with Crippen LogP contribution in [0.5, 0.6) is 0 Å². The molecular weight excluding hydrogens is 364 g/mol. The van der Waals surface area contributed by atoms with E-state index in [4.69, 9.17) is 0 Å². The van der Waals surface area contributed by atoms with Gasteiger partial charge in [-0.3, -0.25) is 14.4 Å². The summed E-state index contributed by atoms with van der Waals surface area (Å²) in [5.74, 6) is -0.219. The second kappa shape index (κ2) is 8.60. The summed E-state index contributed by atoms with van der Waals surface area (Å²) in [6.07, 6.45) is 5.65. The van der Waals surface area contributed by atoms with Crippen molar-refractivity contribution >= 4 is 23.3 Å². The number of ketones is 1. The smallest absolute Gasteiger partial charge is 0.253 e. The van der Waals surface area contributed by atoms with Gasteiger partial charge in [-0.25, -0.2) is 0 Å². The van der Waals surface area contributed by atoms with Crippen LogP contribution in [0.15, 0.2) is 42.5 Å². The summed E-state index contributed by atoms with van der Waals surface area (Å²) in [5, 5.41) is 2.81. The van der Waals surface area contributed by atoms with Crippen LogP contribution in [0.2, 0.25) is 0 Å². The van der Waals surface area contributed by atoms with Gasteiger partial charge in [0.05, 0.1) is 0 Å². The third-order valence-corrected chi connectivity index (χ3v) is 5.79. The number of amides is 2. The van der Waals surface area contributed by atoms with Gasteiger partial charge in [-0.2, -0.15) is 0 Å².